The molecular weight excluding hydrogens is 380 g/mol. The minimum atomic E-state index is -0.170. The summed E-state index contributed by atoms with van der Waals surface area (Å²) in [5.41, 5.74) is 5.45. The summed E-state index contributed by atoms with van der Waals surface area (Å²) >= 11 is 0. The van der Waals surface area contributed by atoms with Crippen molar-refractivity contribution in [3.05, 3.63) is 132 Å². The third-order valence-corrected chi connectivity index (χ3v) is 5.63. The minimum absolute atomic E-state index is 0.0218. The van der Waals surface area contributed by atoms with Crippen molar-refractivity contribution >= 4 is 23.0 Å². The van der Waals surface area contributed by atoms with E-state index in [9.17, 15) is 4.79 Å². The predicted molar refractivity (Wildman–Crippen MR) is 126 cm³/mol. The van der Waals surface area contributed by atoms with Crippen molar-refractivity contribution in [2.75, 3.05) is 4.90 Å². The van der Waals surface area contributed by atoms with Crippen molar-refractivity contribution in [1.82, 2.24) is 0 Å². The lowest BCUT2D eigenvalue weighted by molar-refractivity contribution is 0.0977. The number of hydrogen-bond donors (Lipinski definition) is 0. The van der Waals surface area contributed by atoms with Gasteiger partial charge in [-0.15, -0.1) is 0 Å². The maximum atomic E-state index is 13.8. The van der Waals surface area contributed by atoms with Crippen molar-refractivity contribution < 1.29 is 4.79 Å². The Bertz CT molecular complexity index is 1220. The number of rotatable bonds is 3. The van der Waals surface area contributed by atoms with E-state index in [0.717, 1.165) is 28.2 Å². The van der Waals surface area contributed by atoms with Gasteiger partial charge in [0, 0.05) is 12.0 Å². The zero-order chi connectivity index (χ0) is 21.0. The summed E-state index contributed by atoms with van der Waals surface area (Å²) in [4.78, 5) is 20.8. The fraction of sp³-hybridized carbons (Fsp3) is 0.0714. The van der Waals surface area contributed by atoms with E-state index in [1.54, 1.807) is 0 Å². The lowest BCUT2D eigenvalue weighted by atomic mass is 9.95. The van der Waals surface area contributed by atoms with E-state index in [1.165, 1.54) is 0 Å². The summed E-state index contributed by atoms with van der Waals surface area (Å²) in [5.74, 6) is -0.0218. The highest BCUT2D eigenvalue weighted by atomic mass is 16.2. The first-order valence-corrected chi connectivity index (χ1v) is 10.5. The average Bonchev–Trinajstić information content (AvgIpc) is 3.02. The quantitative estimate of drug-likeness (QED) is 0.380. The first kappa shape index (κ1) is 19.0. The smallest absolute Gasteiger partial charge is 0.258 e. The number of fused-ring (bicyclic) bond motifs is 1. The molecule has 4 aromatic rings. The predicted octanol–water partition coefficient (Wildman–Crippen LogP) is 6.60. The Balaban J connectivity index is 1.70. The van der Waals surface area contributed by atoms with Crippen LogP contribution in [0.25, 0.3) is 0 Å². The molecule has 1 aliphatic heterocycles. The first-order valence-electron chi connectivity index (χ1n) is 10.5. The molecule has 4 aromatic carbocycles. The lowest BCUT2D eigenvalue weighted by Crippen LogP contribution is -2.35. The van der Waals surface area contributed by atoms with E-state index in [2.05, 4.69) is 24.3 Å². The van der Waals surface area contributed by atoms with Crippen molar-refractivity contribution in [3.63, 3.8) is 0 Å². The molecule has 3 nitrogen and oxygen atoms in total. The fourth-order valence-corrected chi connectivity index (χ4v) is 4.12. The van der Waals surface area contributed by atoms with Crippen molar-refractivity contribution in [2.45, 2.75) is 12.5 Å². The van der Waals surface area contributed by atoms with Gasteiger partial charge in [-0.05, 0) is 35.4 Å². The Labute approximate surface area is 182 Å². The first-order chi connectivity index (χ1) is 15.3. The number of nitrogens with zero attached hydrogens (tertiary/aromatic N) is 2. The van der Waals surface area contributed by atoms with Gasteiger partial charge in [0.2, 0.25) is 0 Å². The molecular formula is C28H22N2O. The highest BCUT2D eigenvalue weighted by molar-refractivity contribution is 6.11. The highest BCUT2D eigenvalue weighted by Crippen LogP contribution is 2.41. The van der Waals surface area contributed by atoms with Crippen LogP contribution in [-0.2, 0) is 0 Å². The van der Waals surface area contributed by atoms with Gasteiger partial charge < -0.3 is 0 Å². The van der Waals surface area contributed by atoms with Gasteiger partial charge in [0.25, 0.3) is 5.91 Å². The van der Waals surface area contributed by atoms with Crippen LogP contribution in [0.5, 0.6) is 0 Å². The van der Waals surface area contributed by atoms with Crippen LogP contribution in [0.2, 0.25) is 0 Å². The summed E-state index contributed by atoms with van der Waals surface area (Å²) in [6.07, 6.45) is 0.626. The molecule has 0 fully saturated rings. The van der Waals surface area contributed by atoms with Gasteiger partial charge in [0.15, 0.2) is 0 Å². The second-order valence-electron chi connectivity index (χ2n) is 7.59. The van der Waals surface area contributed by atoms with E-state index in [4.69, 9.17) is 4.99 Å². The molecule has 150 valence electrons. The number of benzene rings is 4. The van der Waals surface area contributed by atoms with E-state index in [0.29, 0.717) is 12.0 Å². The molecule has 0 saturated carbocycles. The van der Waals surface area contributed by atoms with Crippen LogP contribution in [0.15, 0.2) is 120 Å². The van der Waals surface area contributed by atoms with Gasteiger partial charge >= 0.3 is 0 Å². The van der Waals surface area contributed by atoms with Crippen molar-refractivity contribution in [1.29, 1.82) is 0 Å². The molecule has 0 spiro atoms. The van der Waals surface area contributed by atoms with Crippen LogP contribution < -0.4 is 4.90 Å². The Morgan fingerprint density at radius 3 is 2.00 bits per heavy atom. The molecule has 0 bridgehead atoms. The van der Waals surface area contributed by atoms with Crippen molar-refractivity contribution in [2.24, 2.45) is 4.99 Å². The van der Waals surface area contributed by atoms with E-state index in [1.807, 2.05) is 95.9 Å². The summed E-state index contributed by atoms with van der Waals surface area (Å²) in [5, 5.41) is 0. The van der Waals surface area contributed by atoms with Crippen LogP contribution in [-0.4, -0.2) is 11.6 Å². The standard InChI is InChI=1S/C28H22N2O/c31-28(23-16-8-3-9-17-23)30-26-19-11-10-18-24(26)29-25(21-12-4-1-5-13-21)20-27(30)22-14-6-2-7-15-22/h1-19,27H,20H2/t27-/m0/s1. The maximum Gasteiger partial charge on any atom is 0.258 e. The van der Waals surface area contributed by atoms with Crippen LogP contribution in [0.1, 0.15) is 33.9 Å². The Hall–Kier alpha value is -3.98. The molecule has 0 unspecified atom stereocenters. The molecule has 1 aliphatic rings. The number of amides is 1. The van der Waals surface area contributed by atoms with Crippen LogP contribution in [0.4, 0.5) is 11.4 Å². The van der Waals surface area contributed by atoms with E-state index < -0.39 is 0 Å². The van der Waals surface area contributed by atoms with Gasteiger partial charge in [0.05, 0.1) is 23.1 Å². The molecule has 0 N–H and O–H groups in total. The summed E-state index contributed by atoms with van der Waals surface area (Å²) in [7, 11) is 0. The number of para-hydroxylation sites is 2. The van der Waals surface area contributed by atoms with Crippen molar-refractivity contribution in [3.8, 4) is 0 Å². The summed E-state index contributed by atoms with van der Waals surface area (Å²) in [6, 6.07) is 37.7. The van der Waals surface area contributed by atoms with Gasteiger partial charge in [-0.3, -0.25) is 14.7 Å². The van der Waals surface area contributed by atoms with E-state index in [-0.39, 0.29) is 11.9 Å². The molecule has 5 rings (SSSR count). The zero-order valence-corrected chi connectivity index (χ0v) is 17.1. The maximum absolute atomic E-state index is 13.8. The average molecular weight is 402 g/mol. The third-order valence-electron chi connectivity index (χ3n) is 5.63. The van der Waals surface area contributed by atoms with Crippen LogP contribution in [0.3, 0.4) is 0 Å². The molecule has 0 aliphatic carbocycles. The monoisotopic (exact) mass is 402 g/mol. The van der Waals surface area contributed by atoms with Crippen LogP contribution in [0, 0.1) is 0 Å². The third kappa shape index (κ3) is 3.78. The lowest BCUT2D eigenvalue weighted by Gasteiger charge is -2.32. The summed E-state index contributed by atoms with van der Waals surface area (Å²) < 4.78 is 0. The number of carbonyl (C=O) groups is 1. The zero-order valence-electron chi connectivity index (χ0n) is 17.1. The Kier molecular flexibility index (Phi) is 5.16. The second kappa shape index (κ2) is 8.41. The minimum Gasteiger partial charge on any atom is -0.298 e. The molecule has 3 heteroatoms. The SMILES string of the molecule is O=C(c1ccccc1)N1c2ccccc2N=C(c2ccccc2)C[C@H]1c1ccccc1. The molecule has 0 saturated heterocycles. The molecule has 1 heterocycles. The van der Waals surface area contributed by atoms with Crippen LogP contribution >= 0.6 is 0 Å². The normalized spacial score (nSPS) is 15.5. The van der Waals surface area contributed by atoms with E-state index >= 15 is 0 Å². The number of anilines is 1. The number of carbonyl (C=O) groups excluding carboxylic acids is 1. The largest absolute Gasteiger partial charge is 0.298 e. The summed E-state index contributed by atoms with van der Waals surface area (Å²) in [6.45, 7) is 0. The number of hydrogen-bond acceptors (Lipinski definition) is 2. The Morgan fingerprint density at radius 2 is 1.29 bits per heavy atom. The topological polar surface area (TPSA) is 32.7 Å². The molecule has 1 atom stereocenters. The Morgan fingerprint density at radius 1 is 0.710 bits per heavy atom. The molecule has 1 amide bonds. The van der Waals surface area contributed by atoms with Gasteiger partial charge in [-0.25, -0.2) is 0 Å². The molecule has 0 aromatic heterocycles. The van der Waals surface area contributed by atoms with Gasteiger partial charge in [-0.1, -0.05) is 91.0 Å². The second-order valence-corrected chi connectivity index (χ2v) is 7.59. The fourth-order valence-electron chi connectivity index (χ4n) is 4.12. The highest BCUT2D eigenvalue weighted by Gasteiger charge is 2.32. The number of aliphatic imine (C=N–C) groups is 1. The molecule has 0 radical (unpaired) electrons. The van der Waals surface area contributed by atoms with Gasteiger partial charge in [0.1, 0.15) is 0 Å². The van der Waals surface area contributed by atoms with Gasteiger partial charge in [-0.2, -0.15) is 0 Å². The molecule has 31 heavy (non-hydrogen) atoms.